The molecule has 1 N–H and O–H groups in total. The molecule has 0 aliphatic heterocycles. The number of carbonyl (C=O) groups is 1. The second-order valence-corrected chi connectivity index (χ2v) is 6.91. The average Bonchev–Trinajstić information content (AvgIpc) is 3.15. The number of anilines is 1. The number of aryl methyl sites for hydroxylation is 3. The molecule has 148 valence electrons. The van der Waals surface area contributed by atoms with Crippen LogP contribution in [0, 0.1) is 36.5 Å². The number of carbonyl (C=O) groups excluding carboxylic acids is 1. The van der Waals surface area contributed by atoms with E-state index in [4.69, 9.17) is 5.26 Å². The minimum atomic E-state index is -0.478. The van der Waals surface area contributed by atoms with Gasteiger partial charge in [-0.15, -0.1) is 0 Å². The lowest BCUT2D eigenvalue weighted by Crippen LogP contribution is -2.14. The first kappa shape index (κ1) is 20.6. The van der Waals surface area contributed by atoms with Gasteiger partial charge in [-0.05, 0) is 31.6 Å². The lowest BCUT2D eigenvalue weighted by Gasteiger charge is -2.08. The molecular weight excluding hydrogens is 374 g/mol. The fourth-order valence-electron chi connectivity index (χ4n) is 3.09. The van der Waals surface area contributed by atoms with E-state index in [9.17, 15) is 10.1 Å². The summed E-state index contributed by atoms with van der Waals surface area (Å²) in [6.45, 7) is 4.32. The molecule has 0 aliphatic rings. The number of hydrogen-bond acceptors (Lipinski definition) is 4. The second-order valence-electron chi connectivity index (χ2n) is 6.91. The van der Waals surface area contributed by atoms with Gasteiger partial charge in [-0.1, -0.05) is 48.0 Å². The van der Waals surface area contributed by atoms with Crippen molar-refractivity contribution >= 4 is 17.7 Å². The zero-order valence-electron chi connectivity index (χ0n) is 16.9. The van der Waals surface area contributed by atoms with Crippen molar-refractivity contribution in [1.29, 1.82) is 10.5 Å². The summed E-state index contributed by atoms with van der Waals surface area (Å²) in [5.74, 6) is -0.478. The summed E-state index contributed by atoms with van der Waals surface area (Å²) in [4.78, 5) is 12.7. The maximum atomic E-state index is 12.7. The molecule has 3 rings (SSSR count). The fraction of sp³-hybridized carbons (Fsp3) is 0.167. The van der Waals surface area contributed by atoms with E-state index >= 15 is 0 Å². The number of rotatable bonds is 6. The predicted molar refractivity (Wildman–Crippen MR) is 116 cm³/mol. The van der Waals surface area contributed by atoms with E-state index in [0.29, 0.717) is 29.9 Å². The quantitative estimate of drug-likeness (QED) is 0.486. The van der Waals surface area contributed by atoms with E-state index in [1.807, 2.05) is 68.4 Å². The molecule has 2 aromatic carbocycles. The van der Waals surface area contributed by atoms with E-state index in [1.165, 1.54) is 6.08 Å². The van der Waals surface area contributed by atoms with E-state index in [0.717, 1.165) is 16.7 Å². The molecule has 0 spiro atoms. The van der Waals surface area contributed by atoms with Crippen molar-refractivity contribution in [3.63, 3.8) is 0 Å². The topological polar surface area (TPSA) is 94.5 Å². The summed E-state index contributed by atoms with van der Waals surface area (Å²) >= 11 is 0. The Labute approximate surface area is 175 Å². The van der Waals surface area contributed by atoms with Gasteiger partial charge in [0.05, 0.1) is 24.7 Å². The average molecular weight is 395 g/mol. The van der Waals surface area contributed by atoms with Crippen LogP contribution in [0.25, 0.3) is 17.3 Å². The van der Waals surface area contributed by atoms with Crippen LogP contribution >= 0.6 is 0 Å². The number of nitrogens with zero attached hydrogens (tertiary/aromatic N) is 4. The third kappa shape index (κ3) is 4.81. The number of amides is 1. The summed E-state index contributed by atoms with van der Waals surface area (Å²) in [6.07, 6.45) is 3.61. The molecule has 0 fully saturated rings. The van der Waals surface area contributed by atoms with E-state index in [2.05, 4.69) is 16.5 Å². The highest BCUT2D eigenvalue weighted by molar-refractivity contribution is 6.10. The van der Waals surface area contributed by atoms with E-state index in [-0.39, 0.29) is 5.57 Å². The Balaban J connectivity index is 1.96. The van der Waals surface area contributed by atoms with Crippen molar-refractivity contribution in [2.75, 3.05) is 5.32 Å². The van der Waals surface area contributed by atoms with Crippen molar-refractivity contribution in [3.05, 3.63) is 77.0 Å². The van der Waals surface area contributed by atoms with Crippen molar-refractivity contribution in [2.24, 2.45) is 0 Å². The van der Waals surface area contributed by atoms with Crippen LogP contribution in [0.2, 0.25) is 0 Å². The van der Waals surface area contributed by atoms with Crippen LogP contribution in [0.4, 0.5) is 5.69 Å². The standard InChI is InChI=1S/C24H21N5O/c1-17-9-10-22(18(2)13-17)27-24(30)20(15-26)14-21-16-29(12-6-11-25)28-23(21)19-7-4-3-5-8-19/h3-5,7-10,13-14,16H,6,12H2,1-2H3,(H,27,30)/b20-14+. The molecule has 1 heterocycles. The highest BCUT2D eigenvalue weighted by Crippen LogP contribution is 2.25. The molecule has 30 heavy (non-hydrogen) atoms. The maximum Gasteiger partial charge on any atom is 0.266 e. The van der Waals surface area contributed by atoms with Gasteiger partial charge in [0.1, 0.15) is 11.6 Å². The summed E-state index contributed by atoms with van der Waals surface area (Å²) in [5.41, 5.74) is 4.83. The lowest BCUT2D eigenvalue weighted by molar-refractivity contribution is -0.112. The van der Waals surface area contributed by atoms with Gasteiger partial charge in [-0.2, -0.15) is 15.6 Å². The van der Waals surface area contributed by atoms with E-state index < -0.39 is 5.91 Å². The molecule has 0 aliphatic carbocycles. The Bertz CT molecular complexity index is 1180. The third-order valence-corrected chi connectivity index (χ3v) is 4.58. The van der Waals surface area contributed by atoms with Gasteiger partial charge >= 0.3 is 0 Å². The molecule has 6 nitrogen and oxygen atoms in total. The molecule has 1 amide bonds. The first-order valence-electron chi connectivity index (χ1n) is 9.52. The maximum absolute atomic E-state index is 12.7. The van der Waals surface area contributed by atoms with E-state index in [1.54, 1.807) is 10.9 Å². The van der Waals surface area contributed by atoms with Crippen LogP contribution in [-0.2, 0) is 11.3 Å². The van der Waals surface area contributed by atoms with Gasteiger partial charge in [-0.25, -0.2) is 0 Å². The zero-order chi connectivity index (χ0) is 21.5. The number of nitriles is 2. The smallest absolute Gasteiger partial charge is 0.266 e. The molecule has 1 aromatic heterocycles. The second kappa shape index (κ2) is 9.36. The monoisotopic (exact) mass is 395 g/mol. The van der Waals surface area contributed by atoms with Crippen LogP contribution in [0.5, 0.6) is 0 Å². The summed E-state index contributed by atoms with van der Waals surface area (Å²) in [6, 6.07) is 19.3. The van der Waals surface area contributed by atoms with Crippen molar-refractivity contribution in [3.8, 4) is 23.4 Å². The molecule has 0 atom stereocenters. The predicted octanol–water partition coefficient (Wildman–Crippen LogP) is 4.63. The first-order chi connectivity index (χ1) is 14.5. The van der Waals surface area contributed by atoms with Gasteiger partial charge in [0.2, 0.25) is 0 Å². The lowest BCUT2D eigenvalue weighted by atomic mass is 10.1. The van der Waals surface area contributed by atoms with Crippen LogP contribution in [-0.4, -0.2) is 15.7 Å². The molecule has 0 saturated carbocycles. The Hall–Kier alpha value is -4.16. The largest absolute Gasteiger partial charge is 0.321 e. The third-order valence-electron chi connectivity index (χ3n) is 4.58. The minimum Gasteiger partial charge on any atom is -0.321 e. The first-order valence-corrected chi connectivity index (χ1v) is 9.52. The van der Waals surface area contributed by atoms with Gasteiger partial charge in [0.25, 0.3) is 5.91 Å². The molecule has 0 bridgehead atoms. The summed E-state index contributed by atoms with van der Waals surface area (Å²) in [5, 5.41) is 25.8. The molecule has 0 radical (unpaired) electrons. The minimum absolute atomic E-state index is 0.0213. The Morgan fingerprint density at radius 3 is 2.60 bits per heavy atom. The van der Waals surface area contributed by atoms with Gasteiger partial charge < -0.3 is 5.32 Å². The number of nitrogens with one attached hydrogen (secondary N) is 1. The Kier molecular flexibility index (Phi) is 6.42. The van der Waals surface area contributed by atoms with Crippen LogP contribution < -0.4 is 5.32 Å². The molecule has 0 saturated heterocycles. The van der Waals surface area contributed by atoms with Crippen LogP contribution in [0.3, 0.4) is 0 Å². The normalized spacial score (nSPS) is 10.9. The summed E-state index contributed by atoms with van der Waals surface area (Å²) < 4.78 is 1.66. The van der Waals surface area contributed by atoms with Gasteiger partial charge in [-0.3, -0.25) is 9.48 Å². The SMILES string of the molecule is Cc1ccc(NC(=O)/C(C#N)=C/c2cn(CCC#N)nc2-c2ccccc2)c(C)c1. The highest BCUT2D eigenvalue weighted by atomic mass is 16.1. The van der Waals surface area contributed by atoms with Crippen molar-refractivity contribution in [2.45, 2.75) is 26.8 Å². The number of aromatic nitrogens is 2. The molecule has 3 aromatic rings. The molecule has 0 unspecified atom stereocenters. The summed E-state index contributed by atoms with van der Waals surface area (Å²) in [7, 11) is 0. The molecule has 6 heteroatoms. The van der Waals surface area contributed by atoms with Crippen molar-refractivity contribution < 1.29 is 4.79 Å². The van der Waals surface area contributed by atoms with Crippen molar-refractivity contribution in [1.82, 2.24) is 9.78 Å². The molecular formula is C24H21N5O. The van der Waals surface area contributed by atoms with Crippen LogP contribution in [0.1, 0.15) is 23.1 Å². The Morgan fingerprint density at radius 1 is 1.17 bits per heavy atom. The van der Waals surface area contributed by atoms with Crippen LogP contribution in [0.15, 0.2) is 60.3 Å². The number of benzene rings is 2. The zero-order valence-corrected chi connectivity index (χ0v) is 16.9. The van der Waals surface area contributed by atoms with Gasteiger partial charge in [0, 0.05) is 23.0 Å². The fourth-order valence-corrected chi connectivity index (χ4v) is 3.09. The Morgan fingerprint density at radius 2 is 1.93 bits per heavy atom. The van der Waals surface area contributed by atoms with Gasteiger partial charge in [0.15, 0.2) is 0 Å². The number of hydrogen-bond donors (Lipinski definition) is 1. The highest BCUT2D eigenvalue weighted by Gasteiger charge is 2.15.